The van der Waals surface area contributed by atoms with Crippen molar-refractivity contribution in [2.45, 2.75) is 45.3 Å². The zero-order chi connectivity index (χ0) is 13.6. The Hall–Kier alpha value is -1.43. The standard InChI is InChI=1S/C13H17N3O2S/c1-8-6-14-11(19-8)7-16-9(2)12(17)15-5-3-4-10(15)13(16)18/h6,9-10H,3-5,7H2,1-2H3. The summed E-state index contributed by atoms with van der Waals surface area (Å²) < 4.78 is 0. The summed E-state index contributed by atoms with van der Waals surface area (Å²) in [5, 5.41) is 0.900. The predicted octanol–water partition coefficient (Wildman–Crippen LogP) is 1.17. The molecule has 0 aromatic carbocycles. The van der Waals surface area contributed by atoms with Gasteiger partial charge in [0.25, 0.3) is 0 Å². The van der Waals surface area contributed by atoms with Crippen LogP contribution >= 0.6 is 11.3 Å². The van der Waals surface area contributed by atoms with Crippen LogP contribution in [0.2, 0.25) is 0 Å². The highest BCUT2D eigenvalue weighted by atomic mass is 32.1. The fourth-order valence-electron chi connectivity index (χ4n) is 2.88. The van der Waals surface area contributed by atoms with Gasteiger partial charge < -0.3 is 9.80 Å². The molecular formula is C13H17N3O2S. The largest absolute Gasteiger partial charge is 0.329 e. The lowest BCUT2D eigenvalue weighted by Gasteiger charge is -2.40. The van der Waals surface area contributed by atoms with E-state index in [-0.39, 0.29) is 23.9 Å². The number of aromatic nitrogens is 1. The van der Waals surface area contributed by atoms with E-state index < -0.39 is 0 Å². The van der Waals surface area contributed by atoms with E-state index in [1.807, 2.05) is 20.0 Å². The van der Waals surface area contributed by atoms with Crippen molar-refractivity contribution in [3.8, 4) is 0 Å². The molecule has 3 heterocycles. The van der Waals surface area contributed by atoms with Gasteiger partial charge in [0.1, 0.15) is 17.1 Å². The molecule has 0 saturated carbocycles. The Kier molecular flexibility index (Phi) is 3.05. The van der Waals surface area contributed by atoms with Crippen LogP contribution in [0.15, 0.2) is 6.20 Å². The number of hydrogen-bond donors (Lipinski definition) is 0. The number of thiazole rings is 1. The van der Waals surface area contributed by atoms with Crippen molar-refractivity contribution < 1.29 is 9.59 Å². The number of carbonyl (C=O) groups excluding carboxylic acids is 2. The van der Waals surface area contributed by atoms with Gasteiger partial charge in [0, 0.05) is 17.6 Å². The van der Waals surface area contributed by atoms with Crippen molar-refractivity contribution in [1.82, 2.24) is 14.8 Å². The van der Waals surface area contributed by atoms with E-state index in [1.54, 1.807) is 21.1 Å². The topological polar surface area (TPSA) is 53.5 Å². The highest BCUT2D eigenvalue weighted by molar-refractivity contribution is 7.11. The molecule has 6 heteroatoms. The van der Waals surface area contributed by atoms with Crippen LogP contribution in [0.3, 0.4) is 0 Å². The van der Waals surface area contributed by atoms with E-state index in [2.05, 4.69) is 4.98 Å². The first-order valence-electron chi connectivity index (χ1n) is 6.60. The number of amides is 2. The lowest BCUT2D eigenvalue weighted by molar-refractivity contribution is -0.159. The molecule has 0 radical (unpaired) electrons. The second kappa shape index (κ2) is 4.59. The quantitative estimate of drug-likeness (QED) is 0.816. The summed E-state index contributed by atoms with van der Waals surface area (Å²) in [4.78, 5) is 33.6. The molecule has 0 spiro atoms. The molecule has 2 amide bonds. The molecule has 0 aliphatic carbocycles. The van der Waals surface area contributed by atoms with Crippen molar-refractivity contribution in [1.29, 1.82) is 0 Å². The number of piperazine rings is 1. The number of fused-ring (bicyclic) bond motifs is 1. The van der Waals surface area contributed by atoms with Crippen LogP contribution in [0.4, 0.5) is 0 Å². The minimum absolute atomic E-state index is 0.0791. The first kappa shape index (κ1) is 12.6. The molecule has 1 aromatic rings. The molecule has 1 aromatic heterocycles. The van der Waals surface area contributed by atoms with Gasteiger partial charge in [-0.1, -0.05) is 0 Å². The van der Waals surface area contributed by atoms with Crippen molar-refractivity contribution in [2.24, 2.45) is 0 Å². The van der Waals surface area contributed by atoms with E-state index in [0.29, 0.717) is 6.54 Å². The van der Waals surface area contributed by atoms with Crippen LogP contribution in [-0.4, -0.2) is 45.2 Å². The first-order chi connectivity index (χ1) is 9.08. The van der Waals surface area contributed by atoms with Crippen LogP contribution in [-0.2, 0) is 16.1 Å². The van der Waals surface area contributed by atoms with E-state index in [1.165, 1.54) is 0 Å². The van der Waals surface area contributed by atoms with Crippen LogP contribution in [0.1, 0.15) is 29.7 Å². The van der Waals surface area contributed by atoms with Crippen molar-refractivity contribution in [3.05, 3.63) is 16.1 Å². The third kappa shape index (κ3) is 2.04. The molecule has 19 heavy (non-hydrogen) atoms. The van der Waals surface area contributed by atoms with E-state index in [0.717, 1.165) is 29.3 Å². The second-order valence-electron chi connectivity index (χ2n) is 5.20. The van der Waals surface area contributed by atoms with Gasteiger partial charge in [-0.2, -0.15) is 0 Å². The number of nitrogens with zero attached hydrogens (tertiary/aromatic N) is 3. The minimum Gasteiger partial charge on any atom is -0.329 e. The highest BCUT2D eigenvalue weighted by Crippen LogP contribution is 2.28. The number of carbonyl (C=O) groups is 2. The summed E-state index contributed by atoms with van der Waals surface area (Å²) in [7, 11) is 0. The molecule has 2 aliphatic heterocycles. The summed E-state index contributed by atoms with van der Waals surface area (Å²) in [6.45, 7) is 4.99. The zero-order valence-corrected chi connectivity index (χ0v) is 11.9. The van der Waals surface area contributed by atoms with Crippen molar-refractivity contribution in [3.63, 3.8) is 0 Å². The minimum atomic E-state index is -0.369. The Balaban J connectivity index is 1.83. The van der Waals surface area contributed by atoms with Gasteiger partial charge in [-0.25, -0.2) is 4.98 Å². The highest BCUT2D eigenvalue weighted by Gasteiger charge is 2.45. The van der Waals surface area contributed by atoms with Gasteiger partial charge in [-0.3, -0.25) is 9.59 Å². The Morgan fingerprint density at radius 3 is 2.89 bits per heavy atom. The zero-order valence-electron chi connectivity index (χ0n) is 11.1. The summed E-state index contributed by atoms with van der Waals surface area (Å²) in [6.07, 6.45) is 3.53. The predicted molar refractivity (Wildman–Crippen MR) is 71.6 cm³/mol. The number of rotatable bonds is 2. The molecule has 0 N–H and O–H groups in total. The van der Waals surface area contributed by atoms with E-state index in [9.17, 15) is 9.59 Å². The fraction of sp³-hybridized carbons (Fsp3) is 0.615. The molecule has 102 valence electrons. The maximum Gasteiger partial charge on any atom is 0.246 e. The lowest BCUT2D eigenvalue weighted by atomic mass is 10.1. The Labute approximate surface area is 116 Å². The molecular weight excluding hydrogens is 262 g/mol. The summed E-state index contributed by atoms with van der Waals surface area (Å²) in [5.74, 6) is 0.160. The molecule has 5 nitrogen and oxygen atoms in total. The molecule has 2 saturated heterocycles. The van der Waals surface area contributed by atoms with Gasteiger partial charge in [-0.05, 0) is 26.7 Å². The summed E-state index contributed by atoms with van der Waals surface area (Å²) >= 11 is 1.58. The lowest BCUT2D eigenvalue weighted by Crippen LogP contribution is -2.61. The number of hydrogen-bond acceptors (Lipinski definition) is 4. The van der Waals surface area contributed by atoms with Gasteiger partial charge in [-0.15, -0.1) is 11.3 Å². The Morgan fingerprint density at radius 1 is 1.42 bits per heavy atom. The number of aryl methyl sites for hydroxylation is 1. The SMILES string of the molecule is Cc1cnc(CN2C(=O)C3CCCN3C(=O)C2C)s1. The monoisotopic (exact) mass is 279 g/mol. The smallest absolute Gasteiger partial charge is 0.246 e. The summed E-state index contributed by atoms with van der Waals surface area (Å²) in [6, 6.07) is -0.601. The molecule has 0 bridgehead atoms. The Bertz CT molecular complexity index is 528. The van der Waals surface area contributed by atoms with E-state index in [4.69, 9.17) is 0 Å². The van der Waals surface area contributed by atoms with Crippen molar-refractivity contribution in [2.75, 3.05) is 6.54 Å². The van der Waals surface area contributed by atoms with Crippen molar-refractivity contribution >= 4 is 23.2 Å². The molecule has 2 aliphatic rings. The first-order valence-corrected chi connectivity index (χ1v) is 7.42. The van der Waals surface area contributed by atoms with Gasteiger partial charge in [0.2, 0.25) is 11.8 Å². The average Bonchev–Trinajstić information content (AvgIpc) is 3.01. The van der Waals surface area contributed by atoms with Crippen LogP contribution in [0.25, 0.3) is 0 Å². The second-order valence-corrected chi connectivity index (χ2v) is 6.52. The maximum absolute atomic E-state index is 12.5. The third-order valence-electron chi connectivity index (χ3n) is 3.90. The molecule has 2 atom stereocenters. The third-order valence-corrected chi connectivity index (χ3v) is 4.80. The van der Waals surface area contributed by atoms with Gasteiger partial charge in [0.15, 0.2) is 0 Å². The normalized spacial score (nSPS) is 27.1. The van der Waals surface area contributed by atoms with E-state index >= 15 is 0 Å². The Morgan fingerprint density at radius 2 is 2.21 bits per heavy atom. The van der Waals surface area contributed by atoms with Crippen LogP contribution < -0.4 is 0 Å². The summed E-state index contributed by atoms with van der Waals surface area (Å²) in [5.41, 5.74) is 0. The molecule has 3 rings (SSSR count). The fourth-order valence-corrected chi connectivity index (χ4v) is 3.66. The molecule has 2 unspecified atom stereocenters. The molecule has 2 fully saturated rings. The van der Waals surface area contributed by atoms with Gasteiger partial charge in [0.05, 0.1) is 6.54 Å². The average molecular weight is 279 g/mol. The van der Waals surface area contributed by atoms with Gasteiger partial charge >= 0.3 is 0 Å². The maximum atomic E-state index is 12.5. The van der Waals surface area contributed by atoms with Crippen LogP contribution in [0.5, 0.6) is 0 Å². The van der Waals surface area contributed by atoms with Crippen LogP contribution in [0, 0.1) is 6.92 Å².